The second-order valence-corrected chi connectivity index (χ2v) is 8.52. The lowest BCUT2D eigenvalue weighted by Gasteiger charge is -2.44. The second-order valence-electron chi connectivity index (χ2n) is 8.52. The van der Waals surface area contributed by atoms with Crippen molar-refractivity contribution in [2.45, 2.75) is 121 Å². The van der Waals surface area contributed by atoms with Crippen LogP contribution < -0.4 is 0 Å². The summed E-state index contributed by atoms with van der Waals surface area (Å²) in [5, 5.41) is 40.7. The van der Waals surface area contributed by atoms with Crippen LogP contribution in [0, 0.1) is 0 Å². The van der Waals surface area contributed by atoms with Crippen molar-refractivity contribution < 1.29 is 53.6 Å². The van der Waals surface area contributed by atoms with E-state index in [1.54, 1.807) is 20.8 Å². The van der Waals surface area contributed by atoms with Gasteiger partial charge in [0.15, 0.2) is 25.0 Å². The van der Waals surface area contributed by atoms with Crippen molar-refractivity contribution >= 4 is 5.97 Å². The molecule has 0 aliphatic carbocycles. The van der Waals surface area contributed by atoms with E-state index in [1.807, 2.05) is 0 Å². The van der Waals surface area contributed by atoms with Crippen LogP contribution in [-0.4, -0.2) is 100 Å². The lowest BCUT2D eigenvalue weighted by Crippen LogP contribution is -2.56. The van der Waals surface area contributed by atoms with Gasteiger partial charge in [0.2, 0.25) is 0 Å². The summed E-state index contributed by atoms with van der Waals surface area (Å²) < 4.78 is 33.7. The van der Waals surface area contributed by atoms with E-state index in [2.05, 4.69) is 0 Å². The van der Waals surface area contributed by atoms with Gasteiger partial charge in [-0.15, -0.1) is 0 Å². The molecule has 11 nitrogen and oxygen atoms in total. The topological polar surface area (TPSA) is 153 Å². The summed E-state index contributed by atoms with van der Waals surface area (Å²) in [4.78, 5) is 11.2. The minimum Gasteiger partial charge on any atom is -0.457 e. The lowest BCUT2D eigenvalue weighted by molar-refractivity contribution is -0.331. The summed E-state index contributed by atoms with van der Waals surface area (Å²) in [6, 6.07) is 0. The molecule has 3 aliphatic rings. The predicted octanol–water partition coefficient (Wildman–Crippen LogP) is -0.832. The van der Waals surface area contributed by atoms with Crippen LogP contribution in [0.15, 0.2) is 0 Å². The molecule has 0 aromatic heterocycles. The first-order chi connectivity index (χ1) is 14.5. The predicted molar refractivity (Wildman–Crippen MR) is 102 cm³/mol. The molecule has 0 aromatic carbocycles. The fraction of sp³-hybridized carbons (Fsp3) is 0.950. The van der Waals surface area contributed by atoms with Crippen molar-refractivity contribution in [3.05, 3.63) is 0 Å². The Labute approximate surface area is 181 Å². The molecule has 3 saturated heterocycles. The summed E-state index contributed by atoms with van der Waals surface area (Å²) in [5.74, 6) is -0.507. The van der Waals surface area contributed by atoms with Gasteiger partial charge in [0, 0.05) is 26.2 Å². The van der Waals surface area contributed by atoms with Crippen LogP contribution in [0.2, 0.25) is 0 Å². The molecule has 1 unspecified atom stereocenters. The molecule has 3 aliphatic heterocycles. The Kier molecular flexibility index (Phi) is 8.27. The molecule has 0 spiro atoms. The number of hydrogen-bond donors (Lipinski definition) is 4. The molecule has 31 heavy (non-hydrogen) atoms. The van der Waals surface area contributed by atoms with E-state index in [0.717, 1.165) is 0 Å². The van der Waals surface area contributed by atoms with Crippen molar-refractivity contribution in [3.63, 3.8) is 0 Å². The van der Waals surface area contributed by atoms with Crippen LogP contribution in [0.5, 0.6) is 0 Å². The Morgan fingerprint density at radius 2 is 1.13 bits per heavy atom. The minimum absolute atomic E-state index is 0.0272. The van der Waals surface area contributed by atoms with Crippen LogP contribution >= 0.6 is 0 Å². The normalized spacial score (nSPS) is 48.9. The van der Waals surface area contributed by atoms with Crippen LogP contribution in [0.3, 0.4) is 0 Å². The van der Waals surface area contributed by atoms with Gasteiger partial charge >= 0.3 is 5.97 Å². The number of esters is 1. The first kappa shape index (κ1) is 24.7. The molecule has 0 amide bonds. The number of aliphatic hydroxyl groups is 4. The lowest BCUT2D eigenvalue weighted by atomic mass is 9.99. The van der Waals surface area contributed by atoms with Gasteiger partial charge in [-0.3, -0.25) is 4.79 Å². The van der Waals surface area contributed by atoms with E-state index in [4.69, 9.17) is 28.4 Å². The Hall–Kier alpha value is -0.890. The summed E-state index contributed by atoms with van der Waals surface area (Å²) >= 11 is 0. The van der Waals surface area contributed by atoms with Crippen LogP contribution in [0.1, 0.15) is 47.0 Å². The van der Waals surface area contributed by atoms with E-state index in [-0.39, 0.29) is 19.3 Å². The van der Waals surface area contributed by atoms with Crippen molar-refractivity contribution in [1.82, 2.24) is 0 Å². The molecule has 0 bridgehead atoms. The first-order valence-electron chi connectivity index (χ1n) is 10.7. The number of carbonyl (C=O) groups is 1. The summed E-state index contributed by atoms with van der Waals surface area (Å²) in [6.45, 7) is 6.33. The molecule has 0 radical (unpaired) electrons. The van der Waals surface area contributed by atoms with E-state index >= 15 is 0 Å². The summed E-state index contributed by atoms with van der Waals surface area (Å²) in [6.07, 6.45) is -9.23. The van der Waals surface area contributed by atoms with Crippen molar-refractivity contribution in [3.8, 4) is 0 Å². The zero-order valence-electron chi connectivity index (χ0n) is 18.2. The monoisotopic (exact) mass is 450 g/mol. The highest BCUT2D eigenvalue weighted by Crippen LogP contribution is 2.31. The zero-order chi connectivity index (χ0) is 22.9. The third-order valence-corrected chi connectivity index (χ3v) is 5.86. The molecular formula is C20H34O11. The van der Waals surface area contributed by atoms with Gasteiger partial charge in [-0.1, -0.05) is 0 Å². The molecule has 4 N–H and O–H groups in total. The standard InChI is InChI=1S/C20H34O11/c1-8-19(12(22)5-15(25)26-8)30-17-7-14(24)20(10(3)28-17)31-16-6-13(23)18(9(2)27-16)29-11(4)21/h8-10,12-20,22-25H,5-7H2,1-4H3/t8-,9-,10-,12+,13+,14+,15?,16+,17+,18-,19-,20-/m1/s1. The zero-order valence-corrected chi connectivity index (χ0v) is 18.2. The molecule has 3 heterocycles. The van der Waals surface area contributed by atoms with Crippen LogP contribution in [0.25, 0.3) is 0 Å². The average Bonchev–Trinajstić information content (AvgIpc) is 2.64. The molecule has 12 atom stereocenters. The fourth-order valence-corrected chi connectivity index (χ4v) is 4.36. The minimum atomic E-state index is -1.05. The number of ether oxygens (including phenoxy) is 6. The third kappa shape index (κ3) is 6.12. The first-order valence-corrected chi connectivity index (χ1v) is 10.7. The molecule has 180 valence electrons. The smallest absolute Gasteiger partial charge is 0.303 e. The van der Waals surface area contributed by atoms with E-state index in [9.17, 15) is 25.2 Å². The fourth-order valence-electron chi connectivity index (χ4n) is 4.36. The quantitative estimate of drug-likeness (QED) is 0.388. The maximum absolute atomic E-state index is 11.2. The number of aliphatic hydroxyl groups excluding tert-OH is 4. The van der Waals surface area contributed by atoms with Crippen LogP contribution in [0.4, 0.5) is 0 Å². The highest BCUT2D eigenvalue weighted by molar-refractivity contribution is 5.66. The number of hydrogen-bond acceptors (Lipinski definition) is 11. The van der Waals surface area contributed by atoms with Crippen molar-refractivity contribution in [2.75, 3.05) is 0 Å². The van der Waals surface area contributed by atoms with E-state index in [1.165, 1.54) is 6.92 Å². The summed E-state index contributed by atoms with van der Waals surface area (Å²) in [7, 11) is 0. The highest BCUT2D eigenvalue weighted by atomic mass is 16.7. The molecule has 0 saturated carbocycles. The maximum atomic E-state index is 11.2. The Balaban J connectivity index is 1.53. The van der Waals surface area contributed by atoms with Gasteiger partial charge < -0.3 is 48.8 Å². The Morgan fingerprint density at radius 3 is 1.55 bits per heavy atom. The highest BCUT2D eigenvalue weighted by Gasteiger charge is 2.45. The molecular weight excluding hydrogens is 416 g/mol. The van der Waals surface area contributed by atoms with Crippen molar-refractivity contribution in [2.24, 2.45) is 0 Å². The molecule has 3 rings (SSSR count). The largest absolute Gasteiger partial charge is 0.457 e. The molecule has 0 aromatic rings. The third-order valence-electron chi connectivity index (χ3n) is 5.86. The second kappa shape index (κ2) is 10.4. The van der Waals surface area contributed by atoms with E-state index < -0.39 is 79.8 Å². The van der Waals surface area contributed by atoms with Gasteiger partial charge in [0.05, 0.1) is 36.6 Å². The summed E-state index contributed by atoms with van der Waals surface area (Å²) in [5.41, 5.74) is 0. The van der Waals surface area contributed by atoms with Gasteiger partial charge in [0.1, 0.15) is 12.2 Å². The van der Waals surface area contributed by atoms with E-state index in [0.29, 0.717) is 0 Å². The van der Waals surface area contributed by atoms with Gasteiger partial charge in [-0.05, 0) is 20.8 Å². The molecule has 11 heteroatoms. The van der Waals surface area contributed by atoms with Gasteiger partial charge in [0.25, 0.3) is 0 Å². The Bertz CT molecular complexity index is 568. The Morgan fingerprint density at radius 1 is 0.710 bits per heavy atom. The van der Waals surface area contributed by atoms with Crippen LogP contribution in [-0.2, 0) is 33.2 Å². The van der Waals surface area contributed by atoms with Gasteiger partial charge in [-0.2, -0.15) is 0 Å². The molecule has 3 fully saturated rings. The SMILES string of the molecule is CC(=O)O[C@H]1[C@@H](O)C[C@H](O[C@H]2[C@@H](O)C[C@H](O[C@H]3[C@@H](O)CC(O)O[C@@H]3C)O[C@@H]2C)O[C@@H]1C. The van der Waals surface area contributed by atoms with Crippen molar-refractivity contribution in [1.29, 1.82) is 0 Å². The average molecular weight is 450 g/mol. The maximum Gasteiger partial charge on any atom is 0.303 e. The number of carbonyl (C=O) groups excluding carboxylic acids is 1. The number of rotatable bonds is 5. The van der Waals surface area contributed by atoms with Gasteiger partial charge in [-0.25, -0.2) is 0 Å².